The molecule has 0 bridgehead atoms. The molecule has 0 aliphatic rings. The van der Waals surface area contributed by atoms with Gasteiger partial charge >= 0.3 is 0 Å². The van der Waals surface area contributed by atoms with Crippen LogP contribution in [0.25, 0.3) is 0 Å². The third-order valence-corrected chi connectivity index (χ3v) is 1.52. The molecule has 0 aliphatic heterocycles. The number of anilines is 1. The molecular weight excluding hydrogens is 172 g/mol. The number of nitrogen functional groups attached to an aromatic ring is 1. The van der Waals surface area contributed by atoms with E-state index >= 15 is 0 Å². The quantitative estimate of drug-likeness (QED) is 0.637. The predicted molar refractivity (Wildman–Crippen MR) is 48.7 cm³/mol. The third-order valence-electron chi connectivity index (χ3n) is 1.30. The van der Waals surface area contributed by atoms with Gasteiger partial charge < -0.3 is 5.73 Å². The number of hydrogen-bond acceptors (Lipinski definition) is 5. The maximum absolute atomic E-state index is 8.64. The number of rotatable bonds is 1. The molecule has 60 valence electrons. The molecule has 0 fully saturated rings. The highest BCUT2D eigenvalue weighted by Crippen LogP contribution is 2.09. The lowest BCUT2D eigenvalue weighted by Gasteiger charge is -2.00. The van der Waals surface area contributed by atoms with Gasteiger partial charge in [0.1, 0.15) is 23.3 Å². The molecule has 0 saturated heterocycles. The maximum atomic E-state index is 8.64. The van der Waals surface area contributed by atoms with Crippen molar-refractivity contribution in [3.8, 4) is 6.07 Å². The Morgan fingerprint density at radius 2 is 2.25 bits per heavy atom. The lowest BCUT2D eigenvalue weighted by molar-refractivity contribution is 1.05. The lowest BCUT2D eigenvalue weighted by atomic mass is 10.2. The molecule has 1 heterocycles. The number of nitrogens with zero attached hydrogens (tertiary/aromatic N) is 3. The second kappa shape index (κ2) is 3.24. The highest BCUT2D eigenvalue weighted by molar-refractivity contribution is 7.79. The van der Waals surface area contributed by atoms with E-state index in [-0.39, 0.29) is 11.4 Å². The SMILES string of the molecule is Cc1nc(N)c(C#N)c(C=S)n1. The van der Waals surface area contributed by atoms with Crippen LogP contribution in [-0.2, 0) is 0 Å². The summed E-state index contributed by atoms with van der Waals surface area (Å²) >= 11 is 4.67. The second-order valence-electron chi connectivity index (χ2n) is 2.15. The topological polar surface area (TPSA) is 75.6 Å². The van der Waals surface area contributed by atoms with Gasteiger partial charge in [-0.2, -0.15) is 5.26 Å². The lowest BCUT2D eigenvalue weighted by Crippen LogP contribution is -2.04. The first-order chi connectivity index (χ1) is 5.69. The zero-order valence-electron chi connectivity index (χ0n) is 6.40. The van der Waals surface area contributed by atoms with Crippen molar-refractivity contribution in [3.63, 3.8) is 0 Å². The van der Waals surface area contributed by atoms with Gasteiger partial charge in [-0.25, -0.2) is 9.97 Å². The van der Waals surface area contributed by atoms with Crippen LogP contribution >= 0.6 is 12.2 Å². The van der Waals surface area contributed by atoms with Gasteiger partial charge in [0.05, 0.1) is 5.69 Å². The van der Waals surface area contributed by atoms with Gasteiger partial charge in [-0.15, -0.1) is 0 Å². The minimum atomic E-state index is 0.182. The van der Waals surface area contributed by atoms with Gasteiger partial charge in [-0.1, -0.05) is 12.2 Å². The Kier molecular flexibility index (Phi) is 2.31. The molecule has 0 unspecified atom stereocenters. The fourth-order valence-electron chi connectivity index (χ4n) is 0.816. The van der Waals surface area contributed by atoms with Crippen LogP contribution in [-0.4, -0.2) is 15.3 Å². The number of nitrogens with two attached hydrogens (primary N) is 1. The second-order valence-corrected chi connectivity index (χ2v) is 2.38. The van der Waals surface area contributed by atoms with Gasteiger partial charge in [-0.05, 0) is 6.92 Å². The van der Waals surface area contributed by atoms with E-state index in [1.54, 1.807) is 6.92 Å². The van der Waals surface area contributed by atoms with Crippen molar-refractivity contribution in [3.05, 3.63) is 17.1 Å². The Hall–Kier alpha value is -1.54. The summed E-state index contributed by atoms with van der Waals surface area (Å²) in [6.45, 7) is 1.69. The minimum Gasteiger partial charge on any atom is -0.382 e. The molecule has 0 saturated carbocycles. The summed E-state index contributed by atoms with van der Waals surface area (Å²) in [7, 11) is 0. The molecule has 0 aromatic carbocycles. The Morgan fingerprint density at radius 1 is 1.58 bits per heavy atom. The van der Waals surface area contributed by atoms with Crippen molar-refractivity contribution >= 4 is 23.4 Å². The van der Waals surface area contributed by atoms with Crippen molar-refractivity contribution in [2.45, 2.75) is 6.92 Å². The molecule has 1 aromatic heterocycles. The molecule has 0 amide bonds. The number of aromatic nitrogens is 2. The first kappa shape index (κ1) is 8.56. The van der Waals surface area contributed by atoms with Crippen LogP contribution in [0.5, 0.6) is 0 Å². The van der Waals surface area contributed by atoms with E-state index in [0.29, 0.717) is 11.5 Å². The van der Waals surface area contributed by atoms with Crippen LogP contribution in [0.3, 0.4) is 0 Å². The monoisotopic (exact) mass is 178 g/mol. The van der Waals surface area contributed by atoms with Crippen molar-refractivity contribution in [2.24, 2.45) is 0 Å². The predicted octanol–water partition coefficient (Wildman–Crippen LogP) is 0.587. The summed E-state index contributed by atoms with van der Waals surface area (Å²) in [6, 6.07) is 1.89. The molecule has 2 N–H and O–H groups in total. The van der Waals surface area contributed by atoms with Crippen LogP contribution in [0.1, 0.15) is 17.1 Å². The van der Waals surface area contributed by atoms with Crippen molar-refractivity contribution in [1.29, 1.82) is 5.26 Å². The van der Waals surface area contributed by atoms with E-state index < -0.39 is 0 Å². The van der Waals surface area contributed by atoms with Gasteiger partial charge in [0.2, 0.25) is 0 Å². The molecule has 1 aromatic rings. The molecule has 0 atom stereocenters. The fourth-order valence-corrected chi connectivity index (χ4v) is 0.987. The minimum absolute atomic E-state index is 0.182. The van der Waals surface area contributed by atoms with Crippen LogP contribution in [0.15, 0.2) is 0 Å². The van der Waals surface area contributed by atoms with E-state index in [1.807, 2.05) is 6.07 Å². The normalized spacial score (nSPS) is 9.00. The summed E-state index contributed by atoms with van der Waals surface area (Å²) in [5.74, 6) is 0.698. The Morgan fingerprint density at radius 3 is 2.75 bits per heavy atom. The zero-order chi connectivity index (χ0) is 9.14. The fraction of sp³-hybridized carbons (Fsp3) is 0.143. The van der Waals surface area contributed by atoms with Gasteiger partial charge in [0.25, 0.3) is 0 Å². The van der Waals surface area contributed by atoms with Crippen LogP contribution in [0.2, 0.25) is 0 Å². The molecule has 5 heteroatoms. The maximum Gasteiger partial charge on any atom is 0.145 e. The molecule has 4 nitrogen and oxygen atoms in total. The van der Waals surface area contributed by atoms with E-state index in [2.05, 4.69) is 22.2 Å². The average Bonchev–Trinajstić information content (AvgIpc) is 2.03. The third kappa shape index (κ3) is 1.38. The van der Waals surface area contributed by atoms with Crippen molar-refractivity contribution in [2.75, 3.05) is 5.73 Å². The van der Waals surface area contributed by atoms with Crippen molar-refractivity contribution in [1.82, 2.24) is 9.97 Å². The number of nitriles is 1. The summed E-state index contributed by atoms with van der Waals surface area (Å²) in [5.41, 5.74) is 6.13. The molecule has 1 rings (SSSR count). The molecule has 0 aliphatic carbocycles. The van der Waals surface area contributed by atoms with E-state index in [0.717, 1.165) is 0 Å². The summed E-state index contributed by atoms with van der Waals surface area (Å²) in [4.78, 5) is 7.78. The number of hydrogen-bond donors (Lipinski definition) is 1. The molecule has 0 spiro atoms. The summed E-state index contributed by atoms with van der Waals surface area (Å²) in [5, 5.41) is 9.97. The van der Waals surface area contributed by atoms with Crippen LogP contribution in [0.4, 0.5) is 5.82 Å². The van der Waals surface area contributed by atoms with Crippen LogP contribution in [0, 0.1) is 18.3 Å². The van der Waals surface area contributed by atoms with E-state index in [4.69, 9.17) is 11.0 Å². The smallest absolute Gasteiger partial charge is 0.145 e. The Balaban J connectivity index is 3.46. The van der Waals surface area contributed by atoms with Gasteiger partial charge in [0, 0.05) is 5.37 Å². The first-order valence-electron chi connectivity index (χ1n) is 3.18. The van der Waals surface area contributed by atoms with Crippen LogP contribution < -0.4 is 5.73 Å². The number of thiocarbonyl (C=S) groups is 1. The molecule has 12 heavy (non-hydrogen) atoms. The van der Waals surface area contributed by atoms with E-state index in [9.17, 15) is 0 Å². The summed E-state index contributed by atoms with van der Waals surface area (Å²) < 4.78 is 0. The van der Waals surface area contributed by atoms with Gasteiger partial charge in [-0.3, -0.25) is 0 Å². The first-order valence-corrected chi connectivity index (χ1v) is 3.65. The zero-order valence-corrected chi connectivity index (χ0v) is 7.22. The highest BCUT2D eigenvalue weighted by atomic mass is 32.1. The van der Waals surface area contributed by atoms with Gasteiger partial charge in [0.15, 0.2) is 0 Å². The Labute approximate surface area is 75.1 Å². The molecular formula is C7H6N4S. The van der Waals surface area contributed by atoms with Crippen molar-refractivity contribution < 1.29 is 0 Å². The average molecular weight is 178 g/mol. The molecule has 0 radical (unpaired) electrons. The van der Waals surface area contributed by atoms with E-state index in [1.165, 1.54) is 5.37 Å². The standard InChI is InChI=1S/C7H6N4S/c1-4-10-6(3-12)5(2-8)7(9)11-4/h3H,1H3,(H2,9,10,11). The largest absolute Gasteiger partial charge is 0.382 e. The summed E-state index contributed by atoms with van der Waals surface area (Å²) in [6.07, 6.45) is 0. The Bertz CT molecular complexity index is 366. The number of aryl methyl sites for hydroxylation is 1. The highest BCUT2D eigenvalue weighted by Gasteiger charge is 2.07.